The maximum Gasteiger partial charge on any atom is 0.245 e. The summed E-state index contributed by atoms with van der Waals surface area (Å²) in [6.07, 6.45) is 1.87. The first-order valence-electron chi connectivity index (χ1n) is 5.40. The molecule has 0 heterocycles. The summed E-state index contributed by atoms with van der Waals surface area (Å²) in [7, 11) is 0. The molecule has 0 saturated heterocycles. The van der Waals surface area contributed by atoms with Crippen LogP contribution in [0.3, 0.4) is 0 Å². The highest BCUT2D eigenvalue weighted by molar-refractivity contribution is 8.67. The van der Waals surface area contributed by atoms with Crippen LogP contribution in [0.5, 0.6) is 0 Å². The number of halogens is 1. The normalized spacial score (nSPS) is 14.5. The van der Waals surface area contributed by atoms with Crippen LogP contribution in [0.1, 0.15) is 25.3 Å². The molecule has 1 atom stereocenters. The average Bonchev–Trinajstić information content (AvgIpc) is 2.28. The summed E-state index contributed by atoms with van der Waals surface area (Å²) in [4.78, 5) is 9.84. The van der Waals surface area contributed by atoms with Gasteiger partial charge in [0, 0.05) is 5.75 Å². The van der Waals surface area contributed by atoms with Crippen molar-refractivity contribution in [3.05, 3.63) is 35.6 Å². The van der Waals surface area contributed by atoms with Crippen molar-refractivity contribution in [1.82, 2.24) is 0 Å². The van der Waals surface area contributed by atoms with Gasteiger partial charge in [-0.05, 0) is 29.9 Å². The molecule has 1 rings (SSSR count). The Bertz CT molecular complexity index is 401. The van der Waals surface area contributed by atoms with Crippen LogP contribution < -0.4 is 0 Å². The van der Waals surface area contributed by atoms with E-state index in [-0.39, 0.29) is 5.82 Å². The molecule has 0 radical (unpaired) electrons. The van der Waals surface area contributed by atoms with Crippen LogP contribution in [0.2, 0.25) is 0 Å². The fraction of sp³-hybridized carbons (Fsp3) is 0.455. The molecular weight excluding hydrogens is 278 g/mol. The van der Waals surface area contributed by atoms with Gasteiger partial charge in [-0.25, -0.2) is 4.39 Å². The van der Waals surface area contributed by atoms with Crippen LogP contribution in [-0.4, -0.2) is 11.5 Å². The van der Waals surface area contributed by atoms with Gasteiger partial charge in [-0.15, -0.1) is 0 Å². The Labute approximate surface area is 110 Å². The third kappa shape index (κ3) is 5.98. The van der Waals surface area contributed by atoms with Crippen LogP contribution in [0.25, 0.3) is 0 Å². The fourth-order valence-corrected chi connectivity index (χ4v) is 4.15. The molecule has 1 aromatic carbocycles. The summed E-state index contributed by atoms with van der Waals surface area (Å²) in [5.74, 6) is 0.0654. The molecule has 96 valence electrons. The van der Waals surface area contributed by atoms with Crippen LogP contribution in [0, 0.1) is 5.82 Å². The molecule has 0 bridgehead atoms. The Morgan fingerprint density at radius 2 is 2.18 bits per heavy atom. The molecule has 6 heteroatoms. The van der Waals surface area contributed by atoms with Crippen LogP contribution in [-0.2, 0) is 22.1 Å². The Morgan fingerprint density at radius 1 is 1.47 bits per heavy atom. The standard InChI is InChI=1S/C11H16FO2PS2/c1-2-3-8-14-15(13,16)17-9-10-6-4-5-7-11(10)12/h4-7H,2-3,8-9H2,1H3,(H,13,16). The van der Waals surface area contributed by atoms with Gasteiger partial charge in [0.2, 0.25) is 5.69 Å². The first-order valence-corrected chi connectivity index (χ1v) is 9.67. The van der Waals surface area contributed by atoms with Crippen LogP contribution >= 0.6 is 17.1 Å². The number of hydrogen-bond acceptors (Lipinski definition) is 3. The van der Waals surface area contributed by atoms with Gasteiger partial charge in [0.15, 0.2) is 0 Å². The zero-order valence-corrected chi connectivity index (χ0v) is 12.2. The van der Waals surface area contributed by atoms with E-state index in [0.29, 0.717) is 17.9 Å². The topological polar surface area (TPSA) is 29.5 Å². The highest BCUT2D eigenvalue weighted by Crippen LogP contribution is 2.57. The van der Waals surface area contributed by atoms with E-state index >= 15 is 0 Å². The van der Waals surface area contributed by atoms with Crippen molar-refractivity contribution in [3.8, 4) is 0 Å². The van der Waals surface area contributed by atoms with Gasteiger partial charge in [-0.2, -0.15) is 0 Å². The molecule has 0 fully saturated rings. The summed E-state index contributed by atoms with van der Waals surface area (Å²) in [5.41, 5.74) is -2.28. The van der Waals surface area contributed by atoms with Crippen molar-refractivity contribution in [2.75, 3.05) is 6.61 Å². The van der Waals surface area contributed by atoms with Gasteiger partial charge in [0.25, 0.3) is 0 Å². The Kier molecular flexibility index (Phi) is 6.67. The second-order valence-corrected chi connectivity index (χ2v) is 9.70. The highest BCUT2D eigenvalue weighted by Gasteiger charge is 2.15. The lowest BCUT2D eigenvalue weighted by atomic mass is 10.2. The largest absolute Gasteiger partial charge is 0.337 e. The van der Waals surface area contributed by atoms with E-state index in [1.54, 1.807) is 18.2 Å². The minimum Gasteiger partial charge on any atom is -0.337 e. The molecule has 1 N–H and O–H groups in total. The van der Waals surface area contributed by atoms with E-state index in [1.165, 1.54) is 6.07 Å². The summed E-state index contributed by atoms with van der Waals surface area (Å²) >= 11 is 6.10. The Hall–Kier alpha value is 0.0700. The van der Waals surface area contributed by atoms with Crippen molar-refractivity contribution in [2.45, 2.75) is 25.5 Å². The number of hydrogen-bond donors (Lipinski definition) is 1. The third-order valence-electron chi connectivity index (χ3n) is 2.09. The number of benzene rings is 1. The lowest BCUT2D eigenvalue weighted by Gasteiger charge is -2.14. The molecule has 0 aliphatic carbocycles. The van der Waals surface area contributed by atoms with Gasteiger partial charge < -0.3 is 9.42 Å². The molecule has 0 saturated carbocycles. The first kappa shape index (κ1) is 15.1. The second kappa shape index (κ2) is 7.49. The van der Waals surface area contributed by atoms with Crippen molar-refractivity contribution >= 4 is 28.9 Å². The second-order valence-electron chi connectivity index (χ2n) is 3.52. The molecule has 0 amide bonds. The quantitative estimate of drug-likeness (QED) is 0.606. The Morgan fingerprint density at radius 3 is 2.82 bits per heavy atom. The lowest BCUT2D eigenvalue weighted by molar-refractivity contribution is 0.312. The van der Waals surface area contributed by atoms with Crippen molar-refractivity contribution in [1.29, 1.82) is 0 Å². The van der Waals surface area contributed by atoms with E-state index in [9.17, 15) is 9.28 Å². The molecule has 0 aliphatic heterocycles. The van der Waals surface area contributed by atoms with Crippen molar-refractivity contribution < 1.29 is 13.8 Å². The predicted molar refractivity (Wildman–Crippen MR) is 75.1 cm³/mol. The molecule has 2 nitrogen and oxygen atoms in total. The SMILES string of the molecule is CCCCOP(O)(=S)SCc1ccccc1F. The minimum absolute atomic E-state index is 0.274. The van der Waals surface area contributed by atoms with E-state index in [1.807, 2.05) is 6.92 Å². The average molecular weight is 294 g/mol. The highest BCUT2D eigenvalue weighted by atomic mass is 32.9. The molecule has 1 unspecified atom stereocenters. The van der Waals surface area contributed by atoms with E-state index in [0.717, 1.165) is 24.2 Å². The monoisotopic (exact) mass is 294 g/mol. The van der Waals surface area contributed by atoms with Crippen LogP contribution in [0.4, 0.5) is 4.39 Å². The molecular formula is C11H16FO2PS2. The molecule has 17 heavy (non-hydrogen) atoms. The van der Waals surface area contributed by atoms with E-state index in [2.05, 4.69) is 0 Å². The zero-order valence-electron chi connectivity index (χ0n) is 9.63. The maximum absolute atomic E-state index is 13.3. The number of rotatable bonds is 7. The molecule has 0 aromatic heterocycles. The van der Waals surface area contributed by atoms with Gasteiger partial charge in [0.05, 0.1) is 6.61 Å². The minimum atomic E-state index is -2.82. The van der Waals surface area contributed by atoms with Crippen molar-refractivity contribution in [3.63, 3.8) is 0 Å². The third-order valence-corrected chi connectivity index (χ3v) is 6.32. The van der Waals surface area contributed by atoms with Gasteiger partial charge >= 0.3 is 0 Å². The molecule has 0 spiro atoms. The summed E-state index contributed by atoms with van der Waals surface area (Å²) < 4.78 is 18.6. The van der Waals surface area contributed by atoms with Gasteiger partial charge in [-0.3, -0.25) is 0 Å². The predicted octanol–water partition coefficient (Wildman–Crippen LogP) is 4.09. The van der Waals surface area contributed by atoms with Gasteiger partial charge in [-0.1, -0.05) is 42.9 Å². The summed E-state index contributed by atoms with van der Waals surface area (Å²) in [6, 6.07) is 6.48. The molecule has 1 aromatic rings. The van der Waals surface area contributed by atoms with Gasteiger partial charge in [0.1, 0.15) is 5.82 Å². The van der Waals surface area contributed by atoms with Crippen LogP contribution in [0.15, 0.2) is 24.3 Å². The lowest BCUT2D eigenvalue weighted by Crippen LogP contribution is -1.91. The van der Waals surface area contributed by atoms with Crippen molar-refractivity contribution in [2.24, 2.45) is 0 Å². The smallest absolute Gasteiger partial charge is 0.245 e. The maximum atomic E-state index is 13.3. The summed E-state index contributed by atoms with van der Waals surface area (Å²) in [5, 5.41) is 0. The first-order chi connectivity index (χ1) is 8.05. The molecule has 0 aliphatic rings. The zero-order chi connectivity index (χ0) is 12.7. The van der Waals surface area contributed by atoms with E-state index in [4.69, 9.17) is 16.3 Å². The number of unbranched alkanes of at least 4 members (excludes halogenated alkanes) is 1. The Balaban J connectivity index is 2.44. The fourth-order valence-electron chi connectivity index (χ4n) is 1.13. The summed E-state index contributed by atoms with van der Waals surface area (Å²) in [6.45, 7) is 2.51. The van der Waals surface area contributed by atoms with E-state index < -0.39 is 5.69 Å².